The van der Waals surface area contributed by atoms with Gasteiger partial charge in [-0.15, -0.1) is 5.10 Å². The van der Waals surface area contributed by atoms with Crippen LogP contribution < -0.4 is 16.0 Å². The predicted molar refractivity (Wildman–Crippen MR) is 62.5 cm³/mol. The fourth-order valence-corrected chi connectivity index (χ4v) is 2.01. The van der Waals surface area contributed by atoms with Crippen molar-refractivity contribution in [2.75, 3.05) is 36.8 Å². The second-order valence-electron chi connectivity index (χ2n) is 3.89. The number of pyridine rings is 1. The molecule has 0 unspecified atom stereocenters. The molecule has 0 amide bonds. The molecule has 0 aromatic carbocycles. The van der Waals surface area contributed by atoms with Crippen LogP contribution in [0.5, 0.6) is 0 Å². The van der Waals surface area contributed by atoms with Crippen LogP contribution in [-0.2, 0) is 0 Å². The number of hydrogen-bond acceptors (Lipinski definition) is 5. The summed E-state index contributed by atoms with van der Waals surface area (Å²) in [6, 6.07) is 4.07. The zero-order chi connectivity index (χ0) is 11.0. The first-order valence-electron chi connectivity index (χ1n) is 5.40. The predicted octanol–water partition coefficient (Wildman–Crippen LogP) is -0.279. The Morgan fingerprint density at radius 2 is 2.12 bits per heavy atom. The highest BCUT2D eigenvalue weighted by atomic mass is 15.3. The molecule has 16 heavy (non-hydrogen) atoms. The minimum Gasteiger partial charge on any atom is -0.369 e. The summed E-state index contributed by atoms with van der Waals surface area (Å²) < 4.78 is 1.70. The molecule has 3 heterocycles. The zero-order valence-electron chi connectivity index (χ0n) is 8.93. The molecule has 1 aliphatic rings. The Balaban J connectivity index is 1.97. The van der Waals surface area contributed by atoms with Crippen molar-refractivity contribution < 1.29 is 0 Å². The molecule has 1 fully saturated rings. The summed E-state index contributed by atoms with van der Waals surface area (Å²) in [5.41, 5.74) is 7.53. The molecule has 0 atom stereocenters. The smallest absolute Gasteiger partial charge is 0.240 e. The average molecular weight is 218 g/mol. The summed E-state index contributed by atoms with van der Waals surface area (Å²) in [4.78, 5) is 6.49. The fourth-order valence-electron chi connectivity index (χ4n) is 2.01. The van der Waals surface area contributed by atoms with Gasteiger partial charge in [0.2, 0.25) is 5.95 Å². The van der Waals surface area contributed by atoms with Crippen molar-refractivity contribution in [2.45, 2.75) is 0 Å². The Morgan fingerprint density at radius 1 is 1.31 bits per heavy atom. The lowest BCUT2D eigenvalue weighted by molar-refractivity contribution is 0.589. The highest BCUT2D eigenvalue weighted by molar-refractivity contribution is 5.57. The van der Waals surface area contributed by atoms with E-state index in [4.69, 9.17) is 5.73 Å². The van der Waals surface area contributed by atoms with E-state index in [1.165, 1.54) is 5.69 Å². The number of aromatic nitrogens is 3. The minimum absolute atomic E-state index is 0.317. The highest BCUT2D eigenvalue weighted by Crippen LogP contribution is 2.16. The Hall–Kier alpha value is -1.82. The van der Waals surface area contributed by atoms with Gasteiger partial charge in [0.1, 0.15) is 0 Å². The molecule has 0 radical (unpaired) electrons. The molecule has 0 bridgehead atoms. The van der Waals surface area contributed by atoms with Gasteiger partial charge in [0, 0.05) is 44.1 Å². The quantitative estimate of drug-likeness (QED) is 0.689. The minimum atomic E-state index is 0.317. The number of fused-ring (bicyclic) bond motifs is 1. The van der Waals surface area contributed by atoms with E-state index in [2.05, 4.69) is 20.3 Å². The largest absolute Gasteiger partial charge is 0.369 e. The van der Waals surface area contributed by atoms with E-state index in [-0.39, 0.29) is 0 Å². The number of nitrogens with zero attached hydrogens (tertiary/aromatic N) is 4. The van der Waals surface area contributed by atoms with Crippen molar-refractivity contribution in [2.24, 2.45) is 0 Å². The summed E-state index contributed by atoms with van der Waals surface area (Å²) in [6.45, 7) is 4.11. The van der Waals surface area contributed by atoms with Crippen molar-refractivity contribution in [3.63, 3.8) is 0 Å². The van der Waals surface area contributed by atoms with Gasteiger partial charge in [0.05, 0.1) is 0 Å². The van der Waals surface area contributed by atoms with Gasteiger partial charge in [0.25, 0.3) is 0 Å². The molecule has 2 aromatic rings. The first-order chi connectivity index (χ1) is 7.83. The van der Waals surface area contributed by atoms with Crippen molar-refractivity contribution in [3.05, 3.63) is 18.3 Å². The lowest BCUT2D eigenvalue weighted by Gasteiger charge is -2.29. The SMILES string of the molecule is Nc1nc2cc(N3CCNCC3)ccn2n1. The summed E-state index contributed by atoms with van der Waals surface area (Å²) in [7, 11) is 0. The number of nitrogens with one attached hydrogen (secondary N) is 1. The molecule has 3 rings (SSSR count). The van der Waals surface area contributed by atoms with E-state index in [1.807, 2.05) is 18.3 Å². The number of hydrogen-bond donors (Lipinski definition) is 2. The normalized spacial score (nSPS) is 16.9. The third kappa shape index (κ3) is 1.57. The molecular formula is C10H14N6. The third-order valence-electron chi connectivity index (χ3n) is 2.82. The van der Waals surface area contributed by atoms with Gasteiger partial charge in [0.15, 0.2) is 5.65 Å². The van der Waals surface area contributed by atoms with Gasteiger partial charge in [-0.05, 0) is 6.07 Å². The number of anilines is 2. The second kappa shape index (κ2) is 3.64. The van der Waals surface area contributed by atoms with E-state index in [0.29, 0.717) is 5.95 Å². The summed E-state index contributed by atoms with van der Waals surface area (Å²) in [6.07, 6.45) is 1.90. The van der Waals surface area contributed by atoms with Crippen LogP contribution in [-0.4, -0.2) is 40.8 Å². The molecule has 1 aliphatic heterocycles. The van der Waals surface area contributed by atoms with Crippen molar-refractivity contribution >= 4 is 17.3 Å². The Bertz CT molecular complexity index is 499. The van der Waals surface area contributed by atoms with Crippen LogP contribution in [0.4, 0.5) is 11.6 Å². The average Bonchev–Trinajstić information content (AvgIpc) is 2.69. The molecule has 2 aromatic heterocycles. The van der Waals surface area contributed by atoms with Gasteiger partial charge >= 0.3 is 0 Å². The number of piperazine rings is 1. The highest BCUT2D eigenvalue weighted by Gasteiger charge is 2.11. The lowest BCUT2D eigenvalue weighted by Crippen LogP contribution is -2.43. The Morgan fingerprint density at radius 3 is 2.94 bits per heavy atom. The van der Waals surface area contributed by atoms with E-state index >= 15 is 0 Å². The van der Waals surface area contributed by atoms with Gasteiger partial charge < -0.3 is 16.0 Å². The standard InChI is InChI=1S/C10H14N6/c11-10-13-9-7-8(1-4-16(9)14-10)15-5-2-12-3-6-15/h1,4,7,12H,2-3,5-6H2,(H2,11,14). The van der Waals surface area contributed by atoms with Crippen LogP contribution in [0, 0.1) is 0 Å². The zero-order valence-corrected chi connectivity index (χ0v) is 8.93. The number of nitrogen functional groups attached to an aromatic ring is 1. The topological polar surface area (TPSA) is 71.5 Å². The van der Waals surface area contributed by atoms with Gasteiger partial charge in [-0.2, -0.15) is 4.98 Å². The van der Waals surface area contributed by atoms with Crippen LogP contribution in [0.2, 0.25) is 0 Å². The summed E-state index contributed by atoms with van der Waals surface area (Å²) in [5, 5.41) is 7.38. The van der Waals surface area contributed by atoms with Crippen LogP contribution in [0.15, 0.2) is 18.3 Å². The Labute approximate surface area is 93.1 Å². The number of nitrogens with two attached hydrogens (primary N) is 1. The van der Waals surface area contributed by atoms with Gasteiger partial charge in [-0.3, -0.25) is 0 Å². The van der Waals surface area contributed by atoms with Crippen LogP contribution in [0.1, 0.15) is 0 Å². The van der Waals surface area contributed by atoms with E-state index in [9.17, 15) is 0 Å². The summed E-state index contributed by atoms with van der Waals surface area (Å²) >= 11 is 0. The third-order valence-corrected chi connectivity index (χ3v) is 2.82. The maximum absolute atomic E-state index is 5.55. The van der Waals surface area contributed by atoms with Crippen LogP contribution in [0.25, 0.3) is 5.65 Å². The van der Waals surface area contributed by atoms with E-state index in [1.54, 1.807) is 4.52 Å². The molecule has 3 N–H and O–H groups in total. The molecule has 84 valence electrons. The van der Waals surface area contributed by atoms with Crippen LogP contribution in [0.3, 0.4) is 0 Å². The summed E-state index contributed by atoms with van der Waals surface area (Å²) in [5.74, 6) is 0.317. The molecule has 0 saturated carbocycles. The van der Waals surface area contributed by atoms with Crippen molar-refractivity contribution in [1.82, 2.24) is 19.9 Å². The maximum atomic E-state index is 5.55. The lowest BCUT2D eigenvalue weighted by atomic mass is 10.3. The first-order valence-corrected chi connectivity index (χ1v) is 5.40. The molecule has 6 heteroatoms. The maximum Gasteiger partial charge on any atom is 0.240 e. The van der Waals surface area contributed by atoms with Crippen LogP contribution >= 0.6 is 0 Å². The molecule has 6 nitrogen and oxygen atoms in total. The first kappa shape index (κ1) is 9.41. The molecule has 0 aliphatic carbocycles. The van der Waals surface area contributed by atoms with Crippen molar-refractivity contribution in [3.8, 4) is 0 Å². The second-order valence-corrected chi connectivity index (χ2v) is 3.89. The molecular weight excluding hydrogens is 204 g/mol. The van der Waals surface area contributed by atoms with Crippen molar-refractivity contribution in [1.29, 1.82) is 0 Å². The molecule has 0 spiro atoms. The molecule has 1 saturated heterocycles. The van der Waals surface area contributed by atoms with E-state index < -0.39 is 0 Å². The Kier molecular flexibility index (Phi) is 2.14. The van der Waals surface area contributed by atoms with Gasteiger partial charge in [-0.1, -0.05) is 0 Å². The van der Waals surface area contributed by atoms with E-state index in [0.717, 1.165) is 31.8 Å². The fraction of sp³-hybridized carbons (Fsp3) is 0.400. The van der Waals surface area contributed by atoms with Gasteiger partial charge in [-0.25, -0.2) is 4.52 Å². The monoisotopic (exact) mass is 218 g/mol. The number of rotatable bonds is 1.